The van der Waals surface area contributed by atoms with E-state index in [9.17, 15) is 4.79 Å². The molecule has 1 N–H and O–H groups in total. The number of aromatic nitrogens is 5. The van der Waals surface area contributed by atoms with Gasteiger partial charge in [-0.2, -0.15) is 4.68 Å². The first kappa shape index (κ1) is 12.8. The molecule has 0 saturated heterocycles. The summed E-state index contributed by atoms with van der Waals surface area (Å²) >= 11 is 12.3. The van der Waals surface area contributed by atoms with Crippen LogP contribution in [0.5, 0.6) is 0 Å². The lowest BCUT2D eigenvalue weighted by Gasteiger charge is -2.11. The Morgan fingerprint density at radius 2 is 2.00 bits per heavy atom. The third-order valence-corrected chi connectivity index (χ3v) is 3.44. The lowest BCUT2D eigenvalue weighted by atomic mass is 10.0. The maximum Gasteiger partial charge on any atom is 0.267 e. The largest absolute Gasteiger partial charge is 0.328 e. The van der Waals surface area contributed by atoms with Crippen LogP contribution in [0.1, 0.15) is 0 Å². The molecule has 0 aliphatic heterocycles. The molecule has 8 heteroatoms. The van der Waals surface area contributed by atoms with Gasteiger partial charge in [-0.05, 0) is 22.6 Å². The molecule has 1 aromatic carbocycles. The number of aromatic amines is 1. The van der Waals surface area contributed by atoms with Crippen molar-refractivity contribution in [2.45, 2.75) is 0 Å². The van der Waals surface area contributed by atoms with E-state index >= 15 is 0 Å². The van der Waals surface area contributed by atoms with Gasteiger partial charge in [0, 0.05) is 17.3 Å². The Kier molecular flexibility index (Phi) is 3.25. The van der Waals surface area contributed by atoms with E-state index in [2.05, 4.69) is 20.5 Å². The smallest absolute Gasteiger partial charge is 0.267 e. The van der Waals surface area contributed by atoms with Crippen molar-refractivity contribution in [2.75, 3.05) is 0 Å². The molecule has 0 saturated carbocycles. The van der Waals surface area contributed by atoms with Crippen molar-refractivity contribution in [3.8, 4) is 16.8 Å². The summed E-state index contributed by atoms with van der Waals surface area (Å²) in [5.41, 5.74) is 1.42. The predicted molar refractivity (Wildman–Crippen MR) is 75.2 cm³/mol. The number of tetrazole rings is 1. The maximum atomic E-state index is 11.6. The first-order valence-electron chi connectivity index (χ1n) is 5.58. The Balaban J connectivity index is 2.33. The van der Waals surface area contributed by atoms with Gasteiger partial charge in [0.15, 0.2) is 0 Å². The number of hydrogen-bond donors (Lipinski definition) is 1. The summed E-state index contributed by atoms with van der Waals surface area (Å²) in [6.07, 6.45) is 2.94. The van der Waals surface area contributed by atoms with Crippen molar-refractivity contribution in [3.05, 3.63) is 57.2 Å². The third kappa shape index (κ3) is 2.09. The molecule has 100 valence electrons. The Bertz CT molecular complexity index is 813. The molecule has 0 radical (unpaired) electrons. The monoisotopic (exact) mass is 307 g/mol. The molecule has 6 nitrogen and oxygen atoms in total. The predicted octanol–water partition coefficient (Wildman–Crippen LogP) is 2.32. The van der Waals surface area contributed by atoms with Gasteiger partial charge in [0.05, 0.1) is 10.7 Å². The normalized spacial score (nSPS) is 10.7. The zero-order chi connectivity index (χ0) is 14.1. The van der Waals surface area contributed by atoms with E-state index in [1.807, 2.05) is 0 Å². The van der Waals surface area contributed by atoms with E-state index in [4.69, 9.17) is 23.2 Å². The highest BCUT2D eigenvalue weighted by molar-refractivity contribution is 6.34. The minimum atomic E-state index is -0.369. The standard InChI is InChI=1S/C12H7Cl2N5O/c13-9-3-1-2-8(11(9)19-6-16-17-18-19)7-4-5-15-12(20)10(7)14/h1-6H,(H,15,20). The van der Waals surface area contributed by atoms with E-state index < -0.39 is 0 Å². The summed E-state index contributed by atoms with van der Waals surface area (Å²) < 4.78 is 1.43. The second kappa shape index (κ2) is 5.07. The first-order chi connectivity index (χ1) is 9.68. The molecule has 0 aliphatic carbocycles. The summed E-state index contributed by atoms with van der Waals surface area (Å²) in [5, 5.41) is 11.5. The molecule has 20 heavy (non-hydrogen) atoms. The van der Waals surface area contributed by atoms with E-state index in [1.54, 1.807) is 24.3 Å². The molecular weight excluding hydrogens is 301 g/mol. The molecule has 0 unspecified atom stereocenters. The fourth-order valence-electron chi connectivity index (χ4n) is 1.90. The zero-order valence-corrected chi connectivity index (χ0v) is 11.4. The van der Waals surface area contributed by atoms with E-state index in [-0.39, 0.29) is 10.6 Å². The number of para-hydroxylation sites is 1. The second-order valence-corrected chi connectivity index (χ2v) is 4.71. The van der Waals surface area contributed by atoms with E-state index in [0.717, 1.165) is 0 Å². The van der Waals surface area contributed by atoms with Crippen molar-refractivity contribution in [1.29, 1.82) is 0 Å². The molecule has 0 spiro atoms. The van der Waals surface area contributed by atoms with Crippen molar-refractivity contribution in [1.82, 2.24) is 25.2 Å². The third-order valence-electron chi connectivity index (χ3n) is 2.76. The van der Waals surface area contributed by atoms with Crippen LogP contribution in [0.25, 0.3) is 16.8 Å². The van der Waals surface area contributed by atoms with Crippen LogP contribution >= 0.6 is 23.2 Å². The Morgan fingerprint density at radius 3 is 2.75 bits per heavy atom. The maximum absolute atomic E-state index is 11.6. The minimum Gasteiger partial charge on any atom is -0.328 e. The number of rotatable bonds is 2. The van der Waals surface area contributed by atoms with Crippen molar-refractivity contribution < 1.29 is 0 Å². The SMILES string of the molecule is O=c1[nH]ccc(-c2cccc(Cl)c2-n2cnnn2)c1Cl. The fourth-order valence-corrected chi connectivity index (χ4v) is 2.38. The number of benzene rings is 1. The molecule has 0 atom stereocenters. The average molecular weight is 308 g/mol. The van der Waals surface area contributed by atoms with Gasteiger partial charge < -0.3 is 4.98 Å². The number of nitrogens with one attached hydrogen (secondary N) is 1. The fraction of sp³-hybridized carbons (Fsp3) is 0. The molecule has 0 amide bonds. The number of H-pyrrole nitrogens is 1. The van der Waals surface area contributed by atoms with Crippen LogP contribution in [-0.2, 0) is 0 Å². The van der Waals surface area contributed by atoms with Gasteiger partial charge in [0.1, 0.15) is 11.3 Å². The van der Waals surface area contributed by atoms with Crippen LogP contribution in [-0.4, -0.2) is 25.2 Å². The summed E-state index contributed by atoms with van der Waals surface area (Å²) in [4.78, 5) is 14.1. The molecule has 3 rings (SSSR count). The highest BCUT2D eigenvalue weighted by atomic mass is 35.5. The van der Waals surface area contributed by atoms with Crippen LogP contribution in [0.4, 0.5) is 0 Å². The van der Waals surface area contributed by atoms with E-state index in [1.165, 1.54) is 17.2 Å². The van der Waals surface area contributed by atoms with Crippen LogP contribution in [0, 0.1) is 0 Å². The number of nitrogens with zero attached hydrogens (tertiary/aromatic N) is 4. The van der Waals surface area contributed by atoms with Gasteiger partial charge in [-0.15, -0.1) is 5.10 Å². The summed E-state index contributed by atoms with van der Waals surface area (Å²) in [7, 11) is 0. The van der Waals surface area contributed by atoms with Crippen LogP contribution in [0.2, 0.25) is 10.0 Å². The number of pyridine rings is 1. The van der Waals surface area contributed by atoms with Gasteiger partial charge in [0.2, 0.25) is 0 Å². The van der Waals surface area contributed by atoms with Crippen LogP contribution in [0.3, 0.4) is 0 Å². The van der Waals surface area contributed by atoms with E-state index in [0.29, 0.717) is 21.8 Å². The van der Waals surface area contributed by atoms with Gasteiger partial charge in [-0.1, -0.05) is 35.3 Å². The highest BCUT2D eigenvalue weighted by Gasteiger charge is 2.15. The average Bonchev–Trinajstić information content (AvgIpc) is 2.95. The quantitative estimate of drug-likeness (QED) is 0.788. The van der Waals surface area contributed by atoms with Gasteiger partial charge >= 0.3 is 0 Å². The molecule has 2 heterocycles. The van der Waals surface area contributed by atoms with Gasteiger partial charge in [-0.3, -0.25) is 4.79 Å². The topological polar surface area (TPSA) is 76.5 Å². The number of halogens is 2. The highest BCUT2D eigenvalue weighted by Crippen LogP contribution is 2.34. The van der Waals surface area contributed by atoms with Gasteiger partial charge in [0.25, 0.3) is 5.56 Å². The zero-order valence-electron chi connectivity index (χ0n) is 9.92. The molecular formula is C12H7Cl2N5O. The van der Waals surface area contributed by atoms with Crippen LogP contribution < -0.4 is 5.56 Å². The van der Waals surface area contributed by atoms with Crippen molar-refractivity contribution in [2.24, 2.45) is 0 Å². The van der Waals surface area contributed by atoms with Crippen LogP contribution in [0.15, 0.2) is 41.6 Å². The molecule has 0 bridgehead atoms. The molecule has 2 aromatic heterocycles. The van der Waals surface area contributed by atoms with Crippen molar-refractivity contribution >= 4 is 23.2 Å². The summed E-state index contributed by atoms with van der Waals surface area (Å²) in [6, 6.07) is 6.97. The second-order valence-electron chi connectivity index (χ2n) is 3.92. The van der Waals surface area contributed by atoms with Gasteiger partial charge in [-0.25, -0.2) is 0 Å². The lowest BCUT2D eigenvalue weighted by molar-refractivity contribution is 0.790. The summed E-state index contributed by atoms with van der Waals surface area (Å²) in [5.74, 6) is 0. The Hall–Kier alpha value is -2.18. The Morgan fingerprint density at radius 1 is 1.15 bits per heavy atom. The molecule has 3 aromatic rings. The van der Waals surface area contributed by atoms with Crippen molar-refractivity contribution in [3.63, 3.8) is 0 Å². The molecule has 0 aliphatic rings. The first-order valence-corrected chi connectivity index (χ1v) is 6.33. The Labute approximate surface area is 123 Å². The molecule has 0 fully saturated rings. The summed E-state index contributed by atoms with van der Waals surface area (Å²) in [6.45, 7) is 0. The minimum absolute atomic E-state index is 0.0871. The lowest BCUT2D eigenvalue weighted by Crippen LogP contribution is -2.07. The number of hydrogen-bond acceptors (Lipinski definition) is 4.